The molecule has 0 radical (unpaired) electrons. The Balaban J connectivity index is 2.10. The fraction of sp³-hybridized carbons (Fsp3) is 0.600. The SMILES string of the molecule is CCOC1CCCN(C(C)c2cc(Cl)ccc2O)C1. The first kappa shape index (κ1) is 14.6. The Morgan fingerprint density at radius 2 is 2.32 bits per heavy atom. The molecule has 0 saturated carbocycles. The standard InChI is InChI=1S/C15H22ClNO2/c1-3-19-13-5-4-8-17(10-13)11(2)14-9-12(16)6-7-15(14)18/h6-7,9,11,13,18H,3-5,8,10H2,1-2H3. The van der Waals surface area contributed by atoms with E-state index in [2.05, 4.69) is 11.8 Å². The van der Waals surface area contributed by atoms with Crippen molar-refractivity contribution in [2.75, 3.05) is 19.7 Å². The number of phenols is 1. The summed E-state index contributed by atoms with van der Waals surface area (Å²) >= 11 is 6.02. The Morgan fingerprint density at radius 1 is 1.53 bits per heavy atom. The monoisotopic (exact) mass is 283 g/mol. The molecule has 1 fully saturated rings. The van der Waals surface area contributed by atoms with Gasteiger partial charge in [0.1, 0.15) is 5.75 Å². The van der Waals surface area contributed by atoms with Crippen molar-refractivity contribution in [3.63, 3.8) is 0 Å². The molecule has 1 saturated heterocycles. The molecule has 2 rings (SSSR count). The van der Waals surface area contributed by atoms with Gasteiger partial charge in [0.2, 0.25) is 0 Å². The highest BCUT2D eigenvalue weighted by Crippen LogP contribution is 2.32. The van der Waals surface area contributed by atoms with Crippen LogP contribution in [-0.4, -0.2) is 35.8 Å². The molecule has 1 N–H and O–H groups in total. The molecule has 0 bridgehead atoms. The van der Waals surface area contributed by atoms with E-state index in [1.54, 1.807) is 12.1 Å². The van der Waals surface area contributed by atoms with Gasteiger partial charge in [0, 0.05) is 29.8 Å². The van der Waals surface area contributed by atoms with Crippen molar-refractivity contribution in [3.8, 4) is 5.75 Å². The third-order valence-corrected chi connectivity index (χ3v) is 4.03. The molecule has 0 spiro atoms. The number of likely N-dealkylation sites (tertiary alicyclic amines) is 1. The van der Waals surface area contributed by atoms with E-state index in [9.17, 15) is 5.11 Å². The van der Waals surface area contributed by atoms with Crippen molar-refractivity contribution >= 4 is 11.6 Å². The van der Waals surface area contributed by atoms with Crippen LogP contribution in [0, 0.1) is 0 Å². The first-order valence-corrected chi connectivity index (χ1v) is 7.33. The van der Waals surface area contributed by atoms with Gasteiger partial charge in [-0.25, -0.2) is 0 Å². The molecule has 0 aliphatic carbocycles. The summed E-state index contributed by atoms with van der Waals surface area (Å²) < 4.78 is 5.72. The number of nitrogens with zero attached hydrogens (tertiary/aromatic N) is 1. The lowest BCUT2D eigenvalue weighted by atomic mass is 10.0. The zero-order chi connectivity index (χ0) is 13.8. The molecule has 19 heavy (non-hydrogen) atoms. The predicted octanol–water partition coefficient (Wildman–Crippen LogP) is 3.61. The molecule has 2 unspecified atom stereocenters. The molecule has 1 aliphatic rings. The average Bonchev–Trinajstić information content (AvgIpc) is 2.41. The maximum absolute atomic E-state index is 9.99. The number of aromatic hydroxyl groups is 1. The summed E-state index contributed by atoms with van der Waals surface area (Å²) in [5.41, 5.74) is 0.893. The summed E-state index contributed by atoms with van der Waals surface area (Å²) in [6.07, 6.45) is 2.57. The Morgan fingerprint density at radius 3 is 3.05 bits per heavy atom. The highest BCUT2D eigenvalue weighted by atomic mass is 35.5. The van der Waals surface area contributed by atoms with E-state index in [0.29, 0.717) is 16.9 Å². The van der Waals surface area contributed by atoms with Crippen molar-refractivity contribution in [2.45, 2.75) is 38.8 Å². The number of ether oxygens (including phenoxy) is 1. The van der Waals surface area contributed by atoms with Crippen LogP contribution in [0.5, 0.6) is 5.75 Å². The molecule has 1 heterocycles. The van der Waals surface area contributed by atoms with Crippen molar-refractivity contribution < 1.29 is 9.84 Å². The van der Waals surface area contributed by atoms with Gasteiger partial charge in [-0.15, -0.1) is 0 Å². The molecule has 106 valence electrons. The van der Waals surface area contributed by atoms with E-state index in [-0.39, 0.29) is 6.04 Å². The van der Waals surface area contributed by atoms with Gasteiger partial charge in [-0.05, 0) is 51.4 Å². The molecule has 1 aromatic carbocycles. The lowest BCUT2D eigenvalue weighted by Gasteiger charge is -2.37. The van der Waals surface area contributed by atoms with Gasteiger partial charge >= 0.3 is 0 Å². The molecular formula is C15H22ClNO2. The summed E-state index contributed by atoms with van der Waals surface area (Å²) in [7, 11) is 0. The Labute approximate surface area is 120 Å². The molecule has 2 atom stereocenters. The number of piperidine rings is 1. The number of benzene rings is 1. The van der Waals surface area contributed by atoms with Gasteiger partial charge in [0.05, 0.1) is 6.10 Å². The van der Waals surface area contributed by atoms with Crippen LogP contribution >= 0.6 is 11.6 Å². The maximum Gasteiger partial charge on any atom is 0.120 e. The van der Waals surface area contributed by atoms with Gasteiger partial charge in [0.25, 0.3) is 0 Å². The quantitative estimate of drug-likeness (QED) is 0.916. The van der Waals surface area contributed by atoms with Crippen molar-refractivity contribution in [1.29, 1.82) is 0 Å². The summed E-state index contributed by atoms with van der Waals surface area (Å²) in [6, 6.07) is 5.39. The minimum Gasteiger partial charge on any atom is -0.508 e. The van der Waals surface area contributed by atoms with Gasteiger partial charge in [-0.2, -0.15) is 0 Å². The Kier molecular flexibility index (Phi) is 5.08. The van der Waals surface area contributed by atoms with E-state index >= 15 is 0 Å². The summed E-state index contributed by atoms with van der Waals surface area (Å²) in [5, 5.41) is 10.7. The van der Waals surface area contributed by atoms with Gasteiger partial charge in [0.15, 0.2) is 0 Å². The highest BCUT2D eigenvalue weighted by molar-refractivity contribution is 6.30. The summed E-state index contributed by atoms with van der Waals surface area (Å²) in [4.78, 5) is 2.36. The number of hydrogen-bond donors (Lipinski definition) is 1. The van der Waals surface area contributed by atoms with Crippen LogP contribution in [0.3, 0.4) is 0 Å². The van der Waals surface area contributed by atoms with Gasteiger partial charge in [-0.1, -0.05) is 11.6 Å². The first-order valence-electron chi connectivity index (χ1n) is 6.96. The van der Waals surface area contributed by atoms with Crippen molar-refractivity contribution in [3.05, 3.63) is 28.8 Å². The molecule has 3 nitrogen and oxygen atoms in total. The second-order valence-electron chi connectivity index (χ2n) is 5.09. The largest absolute Gasteiger partial charge is 0.508 e. The van der Waals surface area contributed by atoms with Crippen molar-refractivity contribution in [1.82, 2.24) is 4.90 Å². The lowest BCUT2D eigenvalue weighted by Crippen LogP contribution is -2.41. The molecule has 1 aromatic rings. The minimum absolute atomic E-state index is 0.155. The van der Waals surface area contributed by atoms with E-state index in [1.807, 2.05) is 13.0 Å². The van der Waals surface area contributed by atoms with Crippen LogP contribution in [0.4, 0.5) is 0 Å². The van der Waals surface area contributed by atoms with Crippen LogP contribution in [0.2, 0.25) is 5.02 Å². The second-order valence-corrected chi connectivity index (χ2v) is 5.53. The zero-order valence-corrected chi connectivity index (χ0v) is 12.4. The fourth-order valence-electron chi connectivity index (χ4n) is 2.75. The fourth-order valence-corrected chi connectivity index (χ4v) is 2.93. The van der Waals surface area contributed by atoms with E-state index in [4.69, 9.17) is 16.3 Å². The average molecular weight is 284 g/mol. The summed E-state index contributed by atoms with van der Waals surface area (Å²) in [5.74, 6) is 0.315. The molecule has 1 aliphatic heterocycles. The number of halogens is 1. The number of phenolic OH excluding ortho intramolecular Hbond substituents is 1. The second kappa shape index (κ2) is 6.60. The van der Waals surface area contributed by atoms with Crippen molar-refractivity contribution in [2.24, 2.45) is 0 Å². The third-order valence-electron chi connectivity index (χ3n) is 3.80. The van der Waals surface area contributed by atoms with Crippen LogP contribution in [0.15, 0.2) is 18.2 Å². The van der Waals surface area contributed by atoms with E-state index in [1.165, 1.54) is 0 Å². The maximum atomic E-state index is 9.99. The Hall–Kier alpha value is -0.770. The lowest BCUT2D eigenvalue weighted by molar-refractivity contribution is -0.00563. The first-order chi connectivity index (χ1) is 9.11. The Bertz CT molecular complexity index is 423. The third kappa shape index (κ3) is 3.62. The van der Waals surface area contributed by atoms with Gasteiger partial charge in [-0.3, -0.25) is 4.90 Å². The highest BCUT2D eigenvalue weighted by Gasteiger charge is 2.25. The van der Waals surface area contributed by atoms with Gasteiger partial charge < -0.3 is 9.84 Å². The van der Waals surface area contributed by atoms with E-state index < -0.39 is 0 Å². The molecule has 0 amide bonds. The van der Waals surface area contributed by atoms with Crippen LogP contribution in [0.1, 0.15) is 38.3 Å². The van der Waals surface area contributed by atoms with Crippen LogP contribution in [-0.2, 0) is 4.74 Å². The van der Waals surface area contributed by atoms with Crippen LogP contribution in [0.25, 0.3) is 0 Å². The topological polar surface area (TPSA) is 32.7 Å². The van der Waals surface area contributed by atoms with E-state index in [0.717, 1.165) is 38.1 Å². The van der Waals surface area contributed by atoms with Crippen LogP contribution < -0.4 is 0 Å². The summed E-state index contributed by atoms with van der Waals surface area (Å²) in [6.45, 7) is 6.86. The minimum atomic E-state index is 0.155. The predicted molar refractivity (Wildman–Crippen MR) is 77.8 cm³/mol. The smallest absolute Gasteiger partial charge is 0.120 e. The molecule has 0 aromatic heterocycles. The number of rotatable bonds is 4. The molecular weight excluding hydrogens is 262 g/mol. The number of hydrogen-bond acceptors (Lipinski definition) is 3. The molecule has 4 heteroatoms. The zero-order valence-electron chi connectivity index (χ0n) is 11.6. The normalized spacial score (nSPS) is 22.4.